The lowest BCUT2D eigenvalue weighted by Gasteiger charge is -2.40. The lowest BCUT2D eigenvalue weighted by molar-refractivity contribution is -0.192. The molecule has 0 aliphatic heterocycles. The summed E-state index contributed by atoms with van der Waals surface area (Å²) in [6.45, 7) is 4.91. The fourth-order valence-electron chi connectivity index (χ4n) is 3.23. The fourth-order valence-corrected chi connectivity index (χ4v) is 3.91. The summed E-state index contributed by atoms with van der Waals surface area (Å²) in [7, 11) is -9.07. The normalized spacial score (nSPS) is 13.7. The van der Waals surface area contributed by atoms with Crippen molar-refractivity contribution in [3.8, 4) is 11.6 Å². The number of methoxy groups -OCH3 is 1. The van der Waals surface area contributed by atoms with Gasteiger partial charge in [0.25, 0.3) is 0 Å². The topological polar surface area (TPSA) is 132 Å². The van der Waals surface area contributed by atoms with Crippen LogP contribution in [0.15, 0.2) is 29.2 Å². The lowest BCUT2D eigenvalue weighted by Crippen LogP contribution is -2.26. The van der Waals surface area contributed by atoms with Gasteiger partial charge in [0, 0.05) is 23.3 Å². The number of Topliss-reactive ketones (excluding diaryl/α,β-unsaturated/α-hetero) is 1. The van der Waals surface area contributed by atoms with Gasteiger partial charge in [0.05, 0.1) is 13.2 Å². The maximum Gasteiger partial charge on any atom is 0.490 e. The average molecular weight is 624 g/mol. The van der Waals surface area contributed by atoms with Crippen molar-refractivity contribution in [2.24, 2.45) is 0 Å². The summed E-state index contributed by atoms with van der Waals surface area (Å²) in [5.41, 5.74) is -0.195. The number of hydrogen-bond acceptors (Lipinski definition) is 7. The Hall–Kier alpha value is -3.90. The number of ketones is 1. The molecule has 230 valence electrons. The molecule has 0 fully saturated rings. The first-order valence-corrected chi connectivity index (χ1v) is 13.4. The minimum absolute atomic E-state index is 0.0808. The van der Waals surface area contributed by atoms with Crippen LogP contribution in [0.2, 0.25) is 0 Å². The van der Waals surface area contributed by atoms with Gasteiger partial charge in [-0.1, -0.05) is 33.3 Å². The minimum atomic E-state index is -10.1. The van der Waals surface area contributed by atoms with Crippen LogP contribution < -0.4 is 15.1 Å². The first-order valence-electron chi connectivity index (χ1n) is 11.5. The number of aryl methyl sites for hydroxylation is 1. The van der Waals surface area contributed by atoms with Gasteiger partial charge < -0.3 is 14.6 Å². The van der Waals surface area contributed by atoms with E-state index in [1.165, 1.54) is 0 Å². The molecule has 0 saturated carbocycles. The minimum Gasteiger partial charge on any atom is -0.497 e. The highest BCUT2D eigenvalue weighted by molar-refractivity contribution is 8.45. The summed E-state index contributed by atoms with van der Waals surface area (Å²) >= 11 is 0. The molecule has 1 aromatic carbocycles. The van der Waals surface area contributed by atoms with Crippen molar-refractivity contribution in [3.63, 3.8) is 0 Å². The van der Waals surface area contributed by atoms with Crippen molar-refractivity contribution in [3.05, 3.63) is 41.0 Å². The van der Waals surface area contributed by atoms with Crippen LogP contribution in [0.25, 0.3) is 5.65 Å². The number of carboxylic acid groups (broad SMARTS) is 1. The number of carbonyl (C=O) groups excluding carboxylic acids is 1. The van der Waals surface area contributed by atoms with Gasteiger partial charge in [0.15, 0.2) is 11.4 Å². The zero-order chi connectivity index (χ0) is 31.6. The molecule has 0 atom stereocenters. The number of carbonyl (C=O) groups is 2. The Kier molecular flexibility index (Phi) is 8.79. The molecular formula is C22H25F8N5O5S. The van der Waals surface area contributed by atoms with E-state index in [-0.39, 0.29) is 35.4 Å². The Balaban J connectivity index is 0.000000745. The molecule has 0 bridgehead atoms. The van der Waals surface area contributed by atoms with Crippen LogP contribution in [0.5, 0.6) is 11.6 Å². The van der Waals surface area contributed by atoms with Crippen LogP contribution >= 0.6 is 10.2 Å². The predicted molar refractivity (Wildman–Crippen MR) is 129 cm³/mol. The summed E-state index contributed by atoms with van der Waals surface area (Å²) in [5, 5.41) is 23.8. The van der Waals surface area contributed by atoms with Gasteiger partial charge in [-0.15, -0.1) is 10.2 Å². The molecule has 41 heavy (non-hydrogen) atoms. The van der Waals surface area contributed by atoms with Crippen LogP contribution in [-0.2, 0) is 11.3 Å². The summed E-state index contributed by atoms with van der Waals surface area (Å²) < 4.78 is 111. The summed E-state index contributed by atoms with van der Waals surface area (Å²) in [5.74, 6) is -4.04. The quantitative estimate of drug-likeness (QED) is 0.219. The van der Waals surface area contributed by atoms with Crippen LogP contribution in [0.4, 0.5) is 32.6 Å². The monoisotopic (exact) mass is 623 g/mol. The Morgan fingerprint density at radius 1 is 1.05 bits per heavy atom. The number of aromatic nitrogens is 4. The van der Waals surface area contributed by atoms with Crippen LogP contribution in [-0.4, -0.2) is 55.6 Å². The standard InChI is InChI=1S/C20H24F5N5O3S.C2HF3O2/c1-5-14(6-2)33-18-7-12(3)19-28-29(20(26)30(19)27-18)11-17(31)13-8-15(32-4)10-16(9-13)34(21,22,23,24)25;3-2(4,5)1(6)7/h7-10,14,26H,5-6,11H2,1-4H3;(H,6,7). The lowest BCUT2D eigenvalue weighted by atomic mass is 10.1. The fraction of sp³-hybridized carbons (Fsp3) is 0.409. The van der Waals surface area contributed by atoms with Gasteiger partial charge in [0.1, 0.15) is 17.2 Å². The number of fused-ring (bicyclic) bond motifs is 1. The molecule has 2 N–H and O–H groups in total. The van der Waals surface area contributed by atoms with Crippen molar-refractivity contribution in [1.82, 2.24) is 19.4 Å². The van der Waals surface area contributed by atoms with Crippen molar-refractivity contribution in [2.45, 2.75) is 57.3 Å². The van der Waals surface area contributed by atoms with Gasteiger partial charge in [0.2, 0.25) is 11.5 Å². The van der Waals surface area contributed by atoms with Crippen LogP contribution in [0.1, 0.15) is 42.6 Å². The van der Waals surface area contributed by atoms with Crippen molar-refractivity contribution < 1.29 is 56.8 Å². The Labute approximate surface area is 226 Å². The van der Waals surface area contributed by atoms with E-state index in [1.54, 1.807) is 13.0 Å². The van der Waals surface area contributed by atoms with Crippen molar-refractivity contribution in [2.75, 3.05) is 7.11 Å². The molecule has 0 saturated heterocycles. The molecule has 0 aliphatic carbocycles. The number of hydrogen-bond donors (Lipinski definition) is 2. The van der Waals surface area contributed by atoms with E-state index in [4.69, 9.17) is 20.0 Å². The maximum atomic E-state index is 13.3. The third kappa shape index (κ3) is 8.54. The molecule has 3 aromatic rings. The Morgan fingerprint density at radius 3 is 2.07 bits per heavy atom. The third-order valence-corrected chi connectivity index (χ3v) is 6.50. The van der Waals surface area contributed by atoms with E-state index in [1.807, 2.05) is 13.8 Å². The molecule has 0 radical (unpaired) electrons. The van der Waals surface area contributed by atoms with Crippen molar-refractivity contribution >= 4 is 27.6 Å². The predicted octanol–water partition coefficient (Wildman–Crippen LogP) is 6.07. The number of rotatable bonds is 9. The molecular weight excluding hydrogens is 598 g/mol. The van der Waals surface area contributed by atoms with E-state index < -0.39 is 50.9 Å². The molecule has 3 rings (SSSR count). The molecule has 0 amide bonds. The molecule has 0 unspecified atom stereocenters. The second kappa shape index (κ2) is 10.8. The number of halogens is 8. The summed E-state index contributed by atoms with van der Waals surface area (Å²) in [6, 6.07) is 2.76. The number of aliphatic carboxylic acids is 1. The van der Waals surface area contributed by atoms with Gasteiger partial charge >= 0.3 is 22.4 Å². The van der Waals surface area contributed by atoms with E-state index in [0.29, 0.717) is 5.56 Å². The number of alkyl halides is 3. The smallest absolute Gasteiger partial charge is 0.490 e. The van der Waals surface area contributed by atoms with E-state index >= 15 is 0 Å². The molecule has 10 nitrogen and oxygen atoms in total. The average Bonchev–Trinajstić information content (AvgIpc) is 3.16. The van der Waals surface area contributed by atoms with Gasteiger partial charge in [-0.3, -0.25) is 10.2 Å². The largest absolute Gasteiger partial charge is 0.497 e. The maximum absolute atomic E-state index is 13.3. The molecule has 19 heteroatoms. The first kappa shape index (κ1) is 33.3. The van der Waals surface area contributed by atoms with Gasteiger partial charge in [-0.25, -0.2) is 9.48 Å². The van der Waals surface area contributed by atoms with Gasteiger partial charge in [-0.05, 0) is 31.9 Å². The summed E-state index contributed by atoms with van der Waals surface area (Å²) in [4.78, 5) is 19.4. The number of ether oxygens (including phenoxy) is 2. The van der Waals surface area contributed by atoms with Crippen LogP contribution in [0, 0.1) is 12.3 Å². The third-order valence-electron chi connectivity index (χ3n) is 5.37. The first-order chi connectivity index (χ1) is 18.5. The number of benzene rings is 1. The van der Waals surface area contributed by atoms with E-state index in [0.717, 1.165) is 35.2 Å². The molecule has 2 heterocycles. The zero-order valence-corrected chi connectivity index (χ0v) is 22.6. The van der Waals surface area contributed by atoms with E-state index in [2.05, 4.69) is 14.9 Å². The Bertz CT molecular complexity index is 1520. The van der Waals surface area contributed by atoms with E-state index in [9.17, 15) is 37.4 Å². The highest BCUT2D eigenvalue weighted by atomic mass is 32.5. The Morgan fingerprint density at radius 2 is 1.61 bits per heavy atom. The highest BCUT2D eigenvalue weighted by Crippen LogP contribution is 3.02. The summed E-state index contributed by atoms with van der Waals surface area (Å²) in [6.07, 6.45) is -3.70. The zero-order valence-electron chi connectivity index (χ0n) is 21.8. The molecule has 0 aliphatic rings. The number of nitrogens with zero attached hydrogens (tertiary/aromatic N) is 4. The van der Waals surface area contributed by atoms with Gasteiger partial charge in [-0.2, -0.15) is 17.7 Å². The number of nitrogens with one attached hydrogen (secondary N) is 1. The molecule has 0 spiro atoms. The molecule has 2 aromatic heterocycles. The highest BCUT2D eigenvalue weighted by Gasteiger charge is 2.65. The second-order valence-corrected chi connectivity index (χ2v) is 10.9. The SMILES string of the molecule is CCC(CC)Oc1cc(C)c2nn(CC(=O)c3cc(OC)cc(S(F)(F)(F)(F)F)c3)c(=N)n2n1.O=C(O)C(F)(F)F. The van der Waals surface area contributed by atoms with Crippen LogP contribution in [0.3, 0.4) is 0 Å². The van der Waals surface area contributed by atoms with Crippen molar-refractivity contribution in [1.29, 1.82) is 5.41 Å². The number of carboxylic acids is 1. The second-order valence-electron chi connectivity index (χ2n) is 8.53.